The minimum absolute atomic E-state index is 0.0487. The predicted octanol–water partition coefficient (Wildman–Crippen LogP) is -2.43. The number of aliphatic hydroxyl groups excluding tert-OH is 7. The Labute approximate surface area is 279 Å². The summed E-state index contributed by atoms with van der Waals surface area (Å²) in [6.45, 7) is -1.51. The lowest BCUT2D eigenvalue weighted by Gasteiger charge is -2.44. The normalized spacial score (nSPS) is 37.5. The highest BCUT2D eigenvalue weighted by Crippen LogP contribution is 2.44. The second-order valence-corrected chi connectivity index (χ2v) is 11.9. The van der Waals surface area contributed by atoms with Crippen LogP contribution in [0.1, 0.15) is 12.0 Å². The van der Waals surface area contributed by atoms with Gasteiger partial charge in [0.05, 0.1) is 38.1 Å². The number of ether oxygens (including phenoxy) is 7. The van der Waals surface area contributed by atoms with Crippen molar-refractivity contribution in [1.29, 1.82) is 0 Å². The Hall–Kier alpha value is -3.46. The van der Waals surface area contributed by atoms with Crippen molar-refractivity contribution in [2.75, 3.05) is 26.9 Å². The minimum Gasteiger partial charge on any atom is -0.508 e. The van der Waals surface area contributed by atoms with Crippen molar-refractivity contribution in [1.82, 2.24) is 0 Å². The number of phenols is 1. The van der Waals surface area contributed by atoms with Crippen LogP contribution in [0.2, 0.25) is 0 Å². The van der Waals surface area contributed by atoms with Gasteiger partial charge >= 0.3 is 11.9 Å². The van der Waals surface area contributed by atoms with Gasteiger partial charge in [0.15, 0.2) is 12.6 Å². The van der Waals surface area contributed by atoms with Crippen LogP contribution in [0.25, 0.3) is 6.08 Å². The Bertz CT molecular complexity index is 1390. The number of allylic oxidation sites excluding steroid dienone is 1. The number of phenolic OH excluding ortho intramolecular Hbond substituents is 1. The fraction of sp³-hybridized carbons (Fsp3) is 0.562. The Kier molecular flexibility index (Phi) is 12.1. The molecule has 2 saturated heterocycles. The summed E-state index contributed by atoms with van der Waals surface area (Å²) in [5.41, 5.74) is 1.32. The fourth-order valence-corrected chi connectivity index (χ4v) is 6.06. The zero-order valence-electron chi connectivity index (χ0n) is 26.2. The molecular formula is C32H40O17. The predicted molar refractivity (Wildman–Crippen MR) is 160 cm³/mol. The van der Waals surface area contributed by atoms with E-state index in [2.05, 4.69) is 0 Å². The topological polar surface area (TPSA) is 261 Å². The van der Waals surface area contributed by atoms with Crippen LogP contribution in [-0.4, -0.2) is 147 Å². The first-order valence-electron chi connectivity index (χ1n) is 15.5. The molecule has 0 amide bonds. The lowest BCUT2D eigenvalue weighted by atomic mass is 9.83. The van der Waals surface area contributed by atoms with Gasteiger partial charge in [-0.05, 0) is 35.8 Å². The van der Waals surface area contributed by atoms with Crippen LogP contribution in [0.4, 0.5) is 0 Å². The third-order valence-corrected chi connectivity index (χ3v) is 8.85. The number of aromatic hydroxyl groups is 1. The van der Waals surface area contributed by atoms with E-state index in [1.165, 1.54) is 25.3 Å². The molecule has 17 nitrogen and oxygen atoms in total. The summed E-state index contributed by atoms with van der Waals surface area (Å²) in [5, 5.41) is 82.6. The van der Waals surface area contributed by atoms with Crippen molar-refractivity contribution in [2.24, 2.45) is 11.8 Å². The average molecular weight is 697 g/mol. The molecule has 49 heavy (non-hydrogen) atoms. The molecule has 270 valence electrons. The number of aliphatic hydroxyl groups is 7. The molecule has 4 aliphatic rings. The van der Waals surface area contributed by atoms with Gasteiger partial charge in [-0.25, -0.2) is 9.59 Å². The van der Waals surface area contributed by atoms with E-state index in [-0.39, 0.29) is 17.9 Å². The van der Waals surface area contributed by atoms with E-state index in [9.17, 15) is 50.4 Å². The number of hydrogen-bond donors (Lipinski definition) is 8. The fourth-order valence-electron chi connectivity index (χ4n) is 6.06. The molecule has 0 unspecified atom stereocenters. The molecule has 3 heterocycles. The number of carbonyl (C=O) groups excluding carboxylic acids is 2. The van der Waals surface area contributed by atoms with Crippen molar-refractivity contribution < 1.29 is 83.6 Å². The maximum Gasteiger partial charge on any atom is 0.337 e. The SMILES string of the molecule is COC(=O)C1=CO[C@@H](O[C@H]2O[C@H](CO[C@@H]3O[C@H](COC(=O)C=Cc4ccc(O)cc4)[C@@H](O)[C@H](O)[C@H]3O)[C@@H](O)[C@H](O)[C@H]2O)[C@@H]2C(CO)=CC[C@@H]12. The van der Waals surface area contributed by atoms with Crippen molar-refractivity contribution >= 4 is 18.0 Å². The van der Waals surface area contributed by atoms with Crippen LogP contribution in [0.5, 0.6) is 5.75 Å². The highest BCUT2D eigenvalue weighted by molar-refractivity contribution is 5.89. The third-order valence-electron chi connectivity index (χ3n) is 8.85. The summed E-state index contributed by atoms with van der Waals surface area (Å²) < 4.78 is 38.3. The van der Waals surface area contributed by atoms with Gasteiger partial charge in [0, 0.05) is 12.0 Å². The summed E-state index contributed by atoms with van der Waals surface area (Å²) >= 11 is 0. The van der Waals surface area contributed by atoms with E-state index < -0.39 is 105 Å². The Morgan fingerprint density at radius 3 is 2.14 bits per heavy atom. The van der Waals surface area contributed by atoms with Gasteiger partial charge in [-0.3, -0.25) is 0 Å². The van der Waals surface area contributed by atoms with E-state index >= 15 is 0 Å². The van der Waals surface area contributed by atoms with Gasteiger partial charge in [0.25, 0.3) is 0 Å². The molecule has 0 bridgehead atoms. The Morgan fingerprint density at radius 2 is 1.49 bits per heavy atom. The van der Waals surface area contributed by atoms with Crippen molar-refractivity contribution in [2.45, 2.75) is 74.1 Å². The molecule has 1 aromatic rings. The van der Waals surface area contributed by atoms with Gasteiger partial charge in [-0.15, -0.1) is 0 Å². The molecule has 2 fully saturated rings. The summed E-state index contributed by atoms with van der Waals surface area (Å²) in [6.07, 6.45) is -12.0. The second kappa shape index (κ2) is 16.0. The number of rotatable bonds is 11. The highest BCUT2D eigenvalue weighted by Gasteiger charge is 2.51. The summed E-state index contributed by atoms with van der Waals surface area (Å²) in [4.78, 5) is 24.5. The van der Waals surface area contributed by atoms with Crippen LogP contribution in [0.3, 0.4) is 0 Å². The lowest BCUT2D eigenvalue weighted by Crippen LogP contribution is -2.62. The first-order chi connectivity index (χ1) is 23.4. The van der Waals surface area contributed by atoms with E-state index in [1.54, 1.807) is 18.2 Å². The maximum atomic E-state index is 12.3. The van der Waals surface area contributed by atoms with Crippen molar-refractivity contribution in [3.05, 3.63) is 59.4 Å². The minimum atomic E-state index is -1.81. The smallest absolute Gasteiger partial charge is 0.337 e. The van der Waals surface area contributed by atoms with Crippen LogP contribution in [0, 0.1) is 11.8 Å². The van der Waals surface area contributed by atoms with E-state index in [0.717, 1.165) is 12.3 Å². The maximum absolute atomic E-state index is 12.3. The highest BCUT2D eigenvalue weighted by atomic mass is 16.8. The number of fused-ring (bicyclic) bond motifs is 1. The second-order valence-electron chi connectivity index (χ2n) is 11.9. The molecule has 0 saturated carbocycles. The number of methoxy groups -OCH3 is 1. The monoisotopic (exact) mass is 696 g/mol. The zero-order chi connectivity index (χ0) is 35.4. The Balaban J connectivity index is 1.19. The lowest BCUT2D eigenvalue weighted by molar-refractivity contribution is -0.352. The molecule has 13 atom stereocenters. The van der Waals surface area contributed by atoms with Crippen molar-refractivity contribution in [3.8, 4) is 5.75 Å². The molecule has 0 spiro atoms. The summed E-state index contributed by atoms with van der Waals surface area (Å²) in [7, 11) is 1.22. The summed E-state index contributed by atoms with van der Waals surface area (Å²) in [5.74, 6) is -2.54. The van der Waals surface area contributed by atoms with Crippen molar-refractivity contribution in [3.63, 3.8) is 0 Å². The molecule has 17 heteroatoms. The molecule has 8 N–H and O–H groups in total. The summed E-state index contributed by atoms with van der Waals surface area (Å²) in [6, 6.07) is 5.98. The van der Waals surface area contributed by atoms with Gasteiger partial charge in [-0.2, -0.15) is 0 Å². The molecule has 1 aromatic carbocycles. The van der Waals surface area contributed by atoms with E-state index in [1.807, 2.05) is 0 Å². The molecule has 5 rings (SSSR count). The average Bonchev–Trinajstić information content (AvgIpc) is 3.55. The standard InChI is InChI=1S/C32H40O17/c1-43-29(42)18-11-45-30(22-15(10-33)5-8-17(18)22)49-32-28(41)26(39)24(37)20(48-32)13-46-31-27(40)25(38)23(36)19(47-31)12-44-21(35)9-4-14-2-6-16(34)7-3-14/h2-7,9,11,17,19-20,22-28,30-34,36-41H,8,10,12-13H2,1H3/t17-,19+,20+,22+,23+,24+,25-,26-,27+,28+,30-,31+,32+/m0/s1. The first-order valence-corrected chi connectivity index (χ1v) is 15.5. The number of carbonyl (C=O) groups is 2. The Morgan fingerprint density at radius 1 is 0.857 bits per heavy atom. The van der Waals surface area contributed by atoms with E-state index in [0.29, 0.717) is 17.6 Å². The zero-order valence-corrected chi connectivity index (χ0v) is 26.2. The number of esters is 2. The molecule has 0 aromatic heterocycles. The van der Waals surface area contributed by atoms with Gasteiger partial charge in [0.2, 0.25) is 6.29 Å². The van der Waals surface area contributed by atoms with Gasteiger partial charge < -0.3 is 74.0 Å². The van der Waals surface area contributed by atoms with E-state index in [4.69, 9.17) is 33.2 Å². The first kappa shape index (κ1) is 36.8. The molecule has 1 aliphatic carbocycles. The van der Waals surface area contributed by atoms with Crippen LogP contribution < -0.4 is 0 Å². The number of hydrogen-bond acceptors (Lipinski definition) is 17. The largest absolute Gasteiger partial charge is 0.508 e. The van der Waals surface area contributed by atoms with Crippen LogP contribution in [0.15, 0.2) is 53.8 Å². The van der Waals surface area contributed by atoms with Gasteiger partial charge in [0.1, 0.15) is 61.2 Å². The molecule has 3 aliphatic heterocycles. The third kappa shape index (κ3) is 8.13. The molecule has 0 radical (unpaired) electrons. The van der Waals surface area contributed by atoms with Gasteiger partial charge in [-0.1, -0.05) is 18.2 Å². The van der Waals surface area contributed by atoms with Crippen LogP contribution in [-0.2, 0) is 42.7 Å². The van der Waals surface area contributed by atoms with Crippen LogP contribution >= 0.6 is 0 Å². The molecular weight excluding hydrogens is 656 g/mol. The number of benzene rings is 1. The quantitative estimate of drug-likeness (QED) is 0.0679.